The SMILES string of the molecule is CCNC(CC)(CO)CCCSc1cccc(C)c1. The number of aliphatic hydroxyl groups excluding tert-OH is 1. The fourth-order valence-corrected chi connectivity index (χ4v) is 3.29. The van der Waals surface area contributed by atoms with Gasteiger partial charge in [-0.25, -0.2) is 0 Å². The summed E-state index contributed by atoms with van der Waals surface area (Å²) in [5, 5.41) is 13.0. The minimum absolute atomic E-state index is 0.0814. The molecule has 0 saturated heterocycles. The molecule has 0 fully saturated rings. The highest BCUT2D eigenvalue weighted by molar-refractivity contribution is 7.99. The Hall–Kier alpha value is -0.510. The first-order valence-electron chi connectivity index (χ1n) is 7.21. The van der Waals surface area contributed by atoms with E-state index in [2.05, 4.69) is 50.4 Å². The number of nitrogens with one attached hydrogen (secondary N) is 1. The van der Waals surface area contributed by atoms with Crippen molar-refractivity contribution in [2.24, 2.45) is 0 Å². The first-order chi connectivity index (χ1) is 9.15. The summed E-state index contributed by atoms with van der Waals surface area (Å²) in [6.07, 6.45) is 3.14. The quantitative estimate of drug-likeness (QED) is 0.535. The van der Waals surface area contributed by atoms with Crippen LogP contribution >= 0.6 is 11.8 Å². The Kier molecular flexibility index (Phi) is 7.51. The third kappa shape index (κ3) is 5.55. The molecule has 0 aliphatic heterocycles. The van der Waals surface area contributed by atoms with Crippen molar-refractivity contribution in [2.45, 2.75) is 50.5 Å². The zero-order valence-electron chi connectivity index (χ0n) is 12.4. The lowest BCUT2D eigenvalue weighted by atomic mass is 9.91. The van der Waals surface area contributed by atoms with E-state index in [-0.39, 0.29) is 12.1 Å². The van der Waals surface area contributed by atoms with Crippen LogP contribution in [0.3, 0.4) is 0 Å². The third-order valence-electron chi connectivity index (χ3n) is 3.59. The zero-order chi connectivity index (χ0) is 14.1. The maximum absolute atomic E-state index is 9.59. The van der Waals surface area contributed by atoms with Crippen molar-refractivity contribution in [1.82, 2.24) is 5.32 Å². The number of likely N-dealkylation sites (N-methyl/N-ethyl adjacent to an activating group) is 1. The predicted octanol–water partition coefficient (Wildman–Crippen LogP) is 3.62. The fraction of sp³-hybridized carbons (Fsp3) is 0.625. The fourth-order valence-electron chi connectivity index (χ4n) is 2.32. The minimum atomic E-state index is -0.0814. The van der Waals surface area contributed by atoms with Crippen LogP contribution < -0.4 is 5.32 Å². The molecule has 0 aromatic heterocycles. The third-order valence-corrected chi connectivity index (χ3v) is 4.67. The summed E-state index contributed by atoms with van der Waals surface area (Å²) in [6, 6.07) is 8.64. The molecule has 19 heavy (non-hydrogen) atoms. The normalized spacial score (nSPS) is 14.3. The molecule has 0 bridgehead atoms. The summed E-state index contributed by atoms with van der Waals surface area (Å²) < 4.78 is 0. The van der Waals surface area contributed by atoms with Gasteiger partial charge in [0.15, 0.2) is 0 Å². The molecule has 108 valence electrons. The van der Waals surface area contributed by atoms with Crippen LogP contribution in [0.25, 0.3) is 0 Å². The summed E-state index contributed by atoms with van der Waals surface area (Å²) in [4.78, 5) is 1.34. The van der Waals surface area contributed by atoms with Gasteiger partial charge >= 0.3 is 0 Å². The van der Waals surface area contributed by atoms with E-state index in [0.717, 1.165) is 31.6 Å². The van der Waals surface area contributed by atoms with Gasteiger partial charge in [-0.2, -0.15) is 0 Å². The van der Waals surface area contributed by atoms with E-state index in [1.165, 1.54) is 10.5 Å². The lowest BCUT2D eigenvalue weighted by Gasteiger charge is -2.31. The van der Waals surface area contributed by atoms with Crippen molar-refractivity contribution in [3.8, 4) is 0 Å². The van der Waals surface area contributed by atoms with Crippen LogP contribution in [0.4, 0.5) is 0 Å². The maximum Gasteiger partial charge on any atom is 0.0613 e. The molecule has 1 unspecified atom stereocenters. The van der Waals surface area contributed by atoms with Crippen molar-refractivity contribution in [1.29, 1.82) is 0 Å². The molecule has 0 aliphatic carbocycles. The first-order valence-corrected chi connectivity index (χ1v) is 8.19. The van der Waals surface area contributed by atoms with Gasteiger partial charge in [0.05, 0.1) is 6.61 Å². The molecular formula is C16H27NOS. The lowest BCUT2D eigenvalue weighted by Crippen LogP contribution is -2.48. The van der Waals surface area contributed by atoms with Crippen molar-refractivity contribution in [2.75, 3.05) is 18.9 Å². The number of hydrogen-bond donors (Lipinski definition) is 2. The number of aryl methyl sites for hydroxylation is 1. The van der Waals surface area contributed by atoms with E-state index in [1.807, 2.05) is 11.8 Å². The molecule has 3 heteroatoms. The number of hydrogen-bond acceptors (Lipinski definition) is 3. The molecule has 1 atom stereocenters. The highest BCUT2D eigenvalue weighted by atomic mass is 32.2. The topological polar surface area (TPSA) is 32.3 Å². The van der Waals surface area contributed by atoms with Crippen molar-refractivity contribution in [3.05, 3.63) is 29.8 Å². The predicted molar refractivity (Wildman–Crippen MR) is 84.9 cm³/mol. The highest BCUT2D eigenvalue weighted by Crippen LogP contribution is 2.23. The minimum Gasteiger partial charge on any atom is -0.394 e. The van der Waals surface area contributed by atoms with Crippen molar-refractivity contribution in [3.63, 3.8) is 0 Å². The van der Waals surface area contributed by atoms with Gasteiger partial charge in [-0.15, -0.1) is 11.8 Å². The molecule has 1 aromatic rings. The largest absolute Gasteiger partial charge is 0.394 e. The Bertz CT molecular complexity index is 364. The number of thioether (sulfide) groups is 1. The van der Waals surface area contributed by atoms with Gasteiger partial charge < -0.3 is 10.4 Å². The summed E-state index contributed by atoms with van der Waals surface area (Å²) in [5.41, 5.74) is 1.23. The van der Waals surface area contributed by atoms with Gasteiger partial charge in [0, 0.05) is 10.4 Å². The van der Waals surface area contributed by atoms with Gasteiger partial charge in [-0.1, -0.05) is 31.5 Å². The van der Waals surface area contributed by atoms with Crippen LogP contribution in [0.1, 0.15) is 38.7 Å². The number of benzene rings is 1. The van der Waals surface area contributed by atoms with E-state index < -0.39 is 0 Å². The van der Waals surface area contributed by atoms with Gasteiger partial charge in [-0.05, 0) is 50.6 Å². The standard InChI is InChI=1S/C16H27NOS/c1-4-16(13-18,17-5-2)10-7-11-19-15-9-6-8-14(3)12-15/h6,8-9,12,17-18H,4-5,7,10-11,13H2,1-3H3. The van der Waals surface area contributed by atoms with Gasteiger partial charge in [0.25, 0.3) is 0 Å². The molecule has 0 spiro atoms. The molecule has 0 saturated carbocycles. The second kappa shape index (κ2) is 8.62. The Morgan fingerprint density at radius 2 is 2.11 bits per heavy atom. The number of rotatable bonds is 9. The van der Waals surface area contributed by atoms with Crippen molar-refractivity contribution < 1.29 is 5.11 Å². The van der Waals surface area contributed by atoms with E-state index in [0.29, 0.717) is 0 Å². The Morgan fingerprint density at radius 1 is 1.32 bits per heavy atom. The van der Waals surface area contributed by atoms with Crippen LogP contribution in [0.2, 0.25) is 0 Å². The summed E-state index contributed by atoms with van der Waals surface area (Å²) >= 11 is 1.90. The Morgan fingerprint density at radius 3 is 2.68 bits per heavy atom. The Balaban J connectivity index is 2.36. The maximum atomic E-state index is 9.59. The van der Waals surface area contributed by atoms with Crippen LogP contribution in [-0.2, 0) is 0 Å². The smallest absolute Gasteiger partial charge is 0.0613 e. The number of aliphatic hydroxyl groups is 1. The average Bonchev–Trinajstić information content (AvgIpc) is 2.42. The molecule has 0 radical (unpaired) electrons. The summed E-state index contributed by atoms with van der Waals surface area (Å²) in [5.74, 6) is 1.11. The molecule has 1 aromatic carbocycles. The average molecular weight is 281 g/mol. The van der Waals surface area contributed by atoms with Gasteiger partial charge in [0.2, 0.25) is 0 Å². The first kappa shape index (κ1) is 16.5. The molecule has 2 N–H and O–H groups in total. The summed E-state index contributed by atoms with van der Waals surface area (Å²) in [7, 11) is 0. The van der Waals surface area contributed by atoms with E-state index in [4.69, 9.17) is 0 Å². The molecule has 1 rings (SSSR count). The van der Waals surface area contributed by atoms with Crippen molar-refractivity contribution >= 4 is 11.8 Å². The van der Waals surface area contributed by atoms with E-state index >= 15 is 0 Å². The molecule has 0 aliphatic rings. The highest BCUT2D eigenvalue weighted by Gasteiger charge is 2.25. The second-order valence-corrected chi connectivity index (χ2v) is 6.26. The summed E-state index contributed by atoms with van der Waals surface area (Å²) in [6.45, 7) is 7.52. The van der Waals surface area contributed by atoms with E-state index in [9.17, 15) is 5.11 Å². The molecule has 2 nitrogen and oxygen atoms in total. The van der Waals surface area contributed by atoms with Gasteiger partial charge in [0.1, 0.15) is 0 Å². The van der Waals surface area contributed by atoms with Crippen LogP contribution in [0, 0.1) is 6.92 Å². The van der Waals surface area contributed by atoms with Crippen LogP contribution in [0.5, 0.6) is 0 Å². The van der Waals surface area contributed by atoms with Crippen LogP contribution in [-0.4, -0.2) is 29.5 Å². The second-order valence-electron chi connectivity index (χ2n) is 5.09. The zero-order valence-corrected chi connectivity index (χ0v) is 13.2. The van der Waals surface area contributed by atoms with Gasteiger partial charge in [-0.3, -0.25) is 0 Å². The molecule has 0 amide bonds. The lowest BCUT2D eigenvalue weighted by molar-refractivity contribution is 0.148. The van der Waals surface area contributed by atoms with Crippen LogP contribution in [0.15, 0.2) is 29.2 Å². The molecule has 0 heterocycles. The molecular weight excluding hydrogens is 254 g/mol. The Labute approximate surface area is 122 Å². The van der Waals surface area contributed by atoms with E-state index in [1.54, 1.807) is 0 Å². The monoisotopic (exact) mass is 281 g/mol.